The third kappa shape index (κ3) is 2.92. The molecule has 1 aromatic heterocycles. The minimum atomic E-state index is -0.0901. The van der Waals surface area contributed by atoms with Crippen LogP contribution in [-0.2, 0) is 6.54 Å². The summed E-state index contributed by atoms with van der Waals surface area (Å²) in [5.74, 6) is 1.21. The summed E-state index contributed by atoms with van der Waals surface area (Å²) in [6.45, 7) is 3.78. The average Bonchev–Trinajstić information content (AvgIpc) is 2.92. The van der Waals surface area contributed by atoms with Crippen LogP contribution in [0.3, 0.4) is 0 Å². The monoisotopic (exact) mass is 362 g/mol. The van der Waals surface area contributed by atoms with Gasteiger partial charge in [-0.1, -0.05) is 0 Å². The van der Waals surface area contributed by atoms with Crippen LogP contribution >= 0.6 is 15.9 Å². The zero-order chi connectivity index (χ0) is 15.5. The zero-order valence-corrected chi connectivity index (χ0v) is 13.7. The van der Waals surface area contributed by atoms with E-state index in [4.69, 9.17) is 9.47 Å². The topological polar surface area (TPSA) is 53.4 Å². The van der Waals surface area contributed by atoms with Gasteiger partial charge in [-0.2, -0.15) is 5.10 Å². The molecular weight excluding hydrogens is 348 g/mol. The molecule has 1 aromatic carbocycles. The summed E-state index contributed by atoms with van der Waals surface area (Å²) < 4.78 is 13.6. The van der Waals surface area contributed by atoms with Crippen molar-refractivity contribution in [1.82, 2.24) is 9.78 Å². The van der Waals surface area contributed by atoms with Crippen molar-refractivity contribution >= 4 is 27.8 Å². The van der Waals surface area contributed by atoms with Crippen LogP contribution in [0.2, 0.25) is 0 Å². The third-order valence-electron chi connectivity index (χ3n) is 3.35. The number of nitrogens with zero attached hydrogens (tertiary/aromatic N) is 2. The lowest BCUT2D eigenvalue weighted by atomic mass is 10.1. The van der Waals surface area contributed by atoms with Crippen molar-refractivity contribution in [3.63, 3.8) is 0 Å². The first-order valence-corrected chi connectivity index (χ1v) is 7.81. The number of ketones is 1. The van der Waals surface area contributed by atoms with Crippen LogP contribution in [0.4, 0.5) is 0 Å². The van der Waals surface area contributed by atoms with Gasteiger partial charge < -0.3 is 9.47 Å². The van der Waals surface area contributed by atoms with E-state index in [-0.39, 0.29) is 5.78 Å². The molecule has 0 unspecified atom stereocenters. The Kier molecular flexibility index (Phi) is 4.29. The van der Waals surface area contributed by atoms with Gasteiger partial charge in [-0.15, -0.1) is 0 Å². The van der Waals surface area contributed by atoms with Crippen molar-refractivity contribution in [1.29, 1.82) is 0 Å². The second-order valence-electron chi connectivity index (χ2n) is 4.75. The Bertz CT molecular complexity index is 737. The maximum Gasteiger partial charge on any atom is 0.186 e. The lowest BCUT2D eigenvalue weighted by Crippen LogP contribution is -2.15. The quantitative estimate of drug-likeness (QED) is 0.618. The maximum absolute atomic E-state index is 12.3. The summed E-state index contributed by atoms with van der Waals surface area (Å²) >= 11 is 3.43. The van der Waals surface area contributed by atoms with E-state index in [2.05, 4.69) is 21.0 Å². The molecule has 0 N–H and O–H groups in total. The number of allylic oxidation sites excluding steroid dienone is 1. The second-order valence-corrected chi connectivity index (χ2v) is 5.60. The fraction of sp³-hybridized carbons (Fsp3) is 0.250. The molecule has 1 aliphatic heterocycles. The highest BCUT2D eigenvalue weighted by Gasteiger charge is 2.14. The van der Waals surface area contributed by atoms with Gasteiger partial charge in [0.15, 0.2) is 17.3 Å². The summed E-state index contributed by atoms with van der Waals surface area (Å²) in [7, 11) is 0. The van der Waals surface area contributed by atoms with E-state index in [1.54, 1.807) is 36.5 Å². The van der Waals surface area contributed by atoms with Crippen LogP contribution in [-0.4, -0.2) is 28.8 Å². The minimum Gasteiger partial charge on any atom is -0.486 e. The molecule has 2 heterocycles. The molecule has 1 aliphatic rings. The molecule has 0 saturated carbocycles. The van der Waals surface area contributed by atoms with Crippen LogP contribution < -0.4 is 9.47 Å². The smallest absolute Gasteiger partial charge is 0.186 e. The largest absolute Gasteiger partial charge is 0.486 e. The molecule has 0 bridgehead atoms. The van der Waals surface area contributed by atoms with Crippen molar-refractivity contribution < 1.29 is 14.3 Å². The highest BCUT2D eigenvalue weighted by Crippen LogP contribution is 2.31. The first-order chi connectivity index (χ1) is 10.7. The molecule has 22 heavy (non-hydrogen) atoms. The number of hydrogen-bond acceptors (Lipinski definition) is 4. The highest BCUT2D eigenvalue weighted by atomic mass is 79.9. The fourth-order valence-electron chi connectivity index (χ4n) is 2.24. The zero-order valence-electron chi connectivity index (χ0n) is 12.1. The van der Waals surface area contributed by atoms with Crippen molar-refractivity contribution in [2.75, 3.05) is 13.2 Å². The van der Waals surface area contributed by atoms with Gasteiger partial charge in [0.25, 0.3) is 0 Å². The number of fused-ring (bicyclic) bond motifs is 1. The molecule has 0 amide bonds. The van der Waals surface area contributed by atoms with E-state index in [0.29, 0.717) is 30.3 Å². The summed E-state index contributed by atoms with van der Waals surface area (Å²) in [4.78, 5) is 12.3. The Labute approximate surface area is 136 Å². The van der Waals surface area contributed by atoms with Gasteiger partial charge in [0.05, 0.1) is 16.4 Å². The lowest BCUT2D eigenvalue weighted by molar-refractivity contribution is 0.104. The average molecular weight is 363 g/mol. The molecule has 0 atom stereocenters. The standard InChI is InChI=1S/C16H15BrN2O3/c1-2-19-13(12(17)10-18-19)4-5-14(20)11-3-6-15-16(9-11)22-8-7-21-15/h3-6,9-10H,2,7-8H2,1H3/b5-4+. The Morgan fingerprint density at radius 1 is 1.36 bits per heavy atom. The number of benzene rings is 1. The van der Waals surface area contributed by atoms with E-state index in [9.17, 15) is 4.79 Å². The van der Waals surface area contributed by atoms with Crippen molar-refractivity contribution in [3.05, 3.63) is 46.2 Å². The molecule has 0 spiro atoms. The number of carbonyl (C=O) groups is 1. The predicted octanol–water partition coefficient (Wildman–Crippen LogP) is 3.33. The summed E-state index contributed by atoms with van der Waals surface area (Å²) in [6.07, 6.45) is 5.02. The number of ether oxygens (including phenoxy) is 2. The molecule has 6 heteroatoms. The van der Waals surface area contributed by atoms with E-state index < -0.39 is 0 Å². The second kappa shape index (κ2) is 6.36. The Hall–Kier alpha value is -2.08. The van der Waals surface area contributed by atoms with Gasteiger partial charge >= 0.3 is 0 Å². The summed E-state index contributed by atoms with van der Waals surface area (Å²) in [5.41, 5.74) is 1.44. The van der Waals surface area contributed by atoms with Gasteiger partial charge in [0.2, 0.25) is 0 Å². The first-order valence-electron chi connectivity index (χ1n) is 7.02. The van der Waals surface area contributed by atoms with Crippen LogP contribution in [0, 0.1) is 0 Å². The normalized spacial score (nSPS) is 13.5. The van der Waals surface area contributed by atoms with Gasteiger partial charge in [0.1, 0.15) is 13.2 Å². The number of rotatable bonds is 4. The van der Waals surface area contributed by atoms with E-state index in [0.717, 1.165) is 16.7 Å². The molecule has 0 saturated heterocycles. The van der Waals surface area contributed by atoms with E-state index >= 15 is 0 Å². The summed E-state index contributed by atoms with van der Waals surface area (Å²) in [5, 5.41) is 4.21. The van der Waals surface area contributed by atoms with Gasteiger partial charge in [-0.3, -0.25) is 9.48 Å². The van der Waals surface area contributed by atoms with Gasteiger partial charge in [-0.25, -0.2) is 0 Å². The Morgan fingerprint density at radius 2 is 2.14 bits per heavy atom. The molecule has 0 aliphatic carbocycles. The van der Waals surface area contributed by atoms with Crippen LogP contribution in [0.25, 0.3) is 6.08 Å². The Balaban J connectivity index is 1.82. The molecule has 0 fully saturated rings. The molecular formula is C16H15BrN2O3. The van der Waals surface area contributed by atoms with Gasteiger partial charge in [0, 0.05) is 12.1 Å². The number of hydrogen-bond donors (Lipinski definition) is 0. The molecule has 5 nitrogen and oxygen atoms in total. The van der Waals surface area contributed by atoms with E-state index in [1.165, 1.54) is 0 Å². The summed E-state index contributed by atoms with van der Waals surface area (Å²) in [6, 6.07) is 5.22. The minimum absolute atomic E-state index is 0.0901. The SMILES string of the molecule is CCn1ncc(Br)c1/C=C/C(=O)c1ccc2c(c1)OCCO2. The van der Waals surface area contributed by atoms with Crippen molar-refractivity contribution in [2.24, 2.45) is 0 Å². The predicted molar refractivity (Wildman–Crippen MR) is 86.4 cm³/mol. The molecule has 2 aromatic rings. The number of halogens is 1. The lowest BCUT2D eigenvalue weighted by Gasteiger charge is -2.18. The van der Waals surface area contributed by atoms with Crippen molar-refractivity contribution in [2.45, 2.75) is 13.5 Å². The molecule has 3 rings (SSSR count). The van der Waals surface area contributed by atoms with Crippen LogP contribution in [0.15, 0.2) is 34.9 Å². The van der Waals surface area contributed by atoms with E-state index in [1.807, 2.05) is 11.6 Å². The van der Waals surface area contributed by atoms with Crippen LogP contribution in [0.5, 0.6) is 11.5 Å². The van der Waals surface area contributed by atoms with Crippen LogP contribution in [0.1, 0.15) is 23.0 Å². The molecule has 0 radical (unpaired) electrons. The number of aromatic nitrogens is 2. The van der Waals surface area contributed by atoms with Gasteiger partial charge in [-0.05, 0) is 53.2 Å². The third-order valence-corrected chi connectivity index (χ3v) is 3.96. The maximum atomic E-state index is 12.3. The van der Waals surface area contributed by atoms with Crippen molar-refractivity contribution in [3.8, 4) is 11.5 Å². The highest BCUT2D eigenvalue weighted by molar-refractivity contribution is 9.10. The first kappa shape index (κ1) is 14.8. The number of aryl methyl sites for hydroxylation is 1. The Morgan fingerprint density at radius 3 is 2.91 bits per heavy atom. The number of carbonyl (C=O) groups excluding carboxylic acids is 1. The molecule has 114 valence electrons. The fourth-order valence-corrected chi connectivity index (χ4v) is 2.67.